The lowest BCUT2D eigenvalue weighted by Crippen LogP contribution is -2.34. The van der Waals surface area contributed by atoms with E-state index in [1.165, 1.54) is 73.6 Å². The Morgan fingerprint density at radius 2 is 1.07 bits per heavy atom. The largest absolute Gasteiger partial charge is 0.487 e. The summed E-state index contributed by atoms with van der Waals surface area (Å²) in [5, 5.41) is 7.82. The van der Waals surface area contributed by atoms with Gasteiger partial charge in [-0.15, -0.1) is 0 Å². The molecule has 344 valence electrons. The molecule has 4 bridgehead atoms. The Kier molecular flexibility index (Phi) is 11.7. The summed E-state index contributed by atoms with van der Waals surface area (Å²) in [6.45, 7) is 3.37. The molecule has 4 aliphatic rings. The van der Waals surface area contributed by atoms with Gasteiger partial charge in [-0.1, -0.05) is 108 Å². The van der Waals surface area contributed by atoms with Crippen molar-refractivity contribution in [3.8, 4) is 34.3 Å². The molecule has 12 nitrogen and oxygen atoms in total. The Morgan fingerprint density at radius 3 is 1.47 bits per heavy atom. The molecular weight excluding hydrogens is 853 g/mol. The first-order valence-electron chi connectivity index (χ1n) is 24.0. The van der Waals surface area contributed by atoms with Crippen molar-refractivity contribution in [2.24, 2.45) is 23.7 Å². The van der Waals surface area contributed by atoms with E-state index in [4.69, 9.17) is 14.0 Å². The fourth-order valence-corrected chi connectivity index (χ4v) is 12.3. The van der Waals surface area contributed by atoms with E-state index in [0.717, 1.165) is 45.8 Å². The highest BCUT2D eigenvalue weighted by Gasteiger charge is 2.54. The molecule has 1 N–H and O–H groups in total. The van der Waals surface area contributed by atoms with Gasteiger partial charge < -0.3 is 9.47 Å². The number of nitrogens with zero attached hydrogens (tertiary/aromatic N) is 5. The molecule has 2 unspecified atom stereocenters. The molecule has 4 aromatic carbocycles. The maximum atomic E-state index is 11.9. The van der Waals surface area contributed by atoms with Crippen LogP contribution >= 0.6 is 0 Å². The highest BCUT2D eigenvalue weighted by atomic mass is 16.5. The summed E-state index contributed by atoms with van der Waals surface area (Å²) in [7, 11) is 0. The van der Waals surface area contributed by atoms with Crippen LogP contribution in [0.15, 0.2) is 164 Å². The van der Waals surface area contributed by atoms with E-state index in [1.807, 2.05) is 55.5 Å². The summed E-state index contributed by atoms with van der Waals surface area (Å²) in [4.78, 5) is 34.5. The van der Waals surface area contributed by atoms with Crippen molar-refractivity contribution in [3.05, 3.63) is 201 Å². The van der Waals surface area contributed by atoms with Crippen molar-refractivity contribution in [3.63, 3.8) is 0 Å². The standard InChI is InChI=1S/C29H29N3O3.C27H25N3O3/c1-2-32-27(31-35-28(32)33)21-7-10-22(11-8-21)29(18-20-6-9-24(29)17-20)23-12-14-26(15-13-23)34-19-25-5-3-4-16-30-25;31-26-29-25(30-33-26)19-5-8-20(9-6-19)27(16-18-4-7-22(27)15-18)21-10-12-24(13-11-21)32-17-23-3-1-2-14-28-23/h3-5,7-8,10-16,20,24H,2,6,9,17-19H2,1H3;1-3,5-6,8-14,18,22H,4,7,15-17H2,(H,29,30,31)/t20?,24-,29+;18?,22-,27+/m11/s1. The molecule has 4 aliphatic carbocycles. The van der Waals surface area contributed by atoms with E-state index in [0.29, 0.717) is 43.2 Å². The number of pyridine rings is 2. The molecule has 8 aromatic rings. The molecule has 0 radical (unpaired) electrons. The zero-order valence-electron chi connectivity index (χ0n) is 38.1. The Bertz CT molecular complexity index is 3080. The van der Waals surface area contributed by atoms with E-state index >= 15 is 0 Å². The fraction of sp³-hybridized carbons (Fsp3) is 0.321. The van der Waals surface area contributed by atoms with Gasteiger partial charge in [0.05, 0.1) is 11.4 Å². The molecule has 4 heterocycles. The first kappa shape index (κ1) is 43.2. The lowest BCUT2D eigenvalue weighted by molar-refractivity contribution is 0.299. The highest BCUT2D eigenvalue weighted by molar-refractivity contribution is 5.58. The van der Waals surface area contributed by atoms with Gasteiger partial charge in [0.1, 0.15) is 24.7 Å². The minimum absolute atomic E-state index is 0.00914. The average Bonchev–Trinajstić information content (AvgIpc) is 4.29. The van der Waals surface area contributed by atoms with Gasteiger partial charge >= 0.3 is 11.5 Å². The third-order valence-corrected chi connectivity index (χ3v) is 15.4. The van der Waals surface area contributed by atoms with Gasteiger partial charge in [0.15, 0.2) is 11.6 Å². The summed E-state index contributed by atoms with van der Waals surface area (Å²) >= 11 is 0. The minimum Gasteiger partial charge on any atom is -0.487 e. The summed E-state index contributed by atoms with van der Waals surface area (Å²) in [5.41, 5.74) is 8.97. The monoisotopic (exact) mass is 906 g/mol. The van der Waals surface area contributed by atoms with Crippen molar-refractivity contribution >= 4 is 0 Å². The van der Waals surface area contributed by atoms with Crippen LogP contribution in [-0.4, -0.2) is 29.8 Å². The van der Waals surface area contributed by atoms with Crippen LogP contribution in [0.3, 0.4) is 0 Å². The van der Waals surface area contributed by atoms with Crippen molar-refractivity contribution < 1.29 is 18.5 Å². The summed E-state index contributed by atoms with van der Waals surface area (Å²) in [5.74, 6) is 4.64. The van der Waals surface area contributed by atoms with E-state index in [2.05, 4.69) is 115 Å². The quantitative estimate of drug-likeness (QED) is 0.118. The van der Waals surface area contributed by atoms with Crippen LogP contribution in [0.1, 0.15) is 91.9 Å². The van der Waals surface area contributed by atoms with E-state index in [1.54, 1.807) is 17.0 Å². The predicted octanol–water partition coefficient (Wildman–Crippen LogP) is 10.7. The van der Waals surface area contributed by atoms with Crippen LogP contribution in [-0.2, 0) is 30.6 Å². The number of nitrogens with one attached hydrogen (secondary N) is 1. The van der Waals surface area contributed by atoms with Crippen molar-refractivity contribution in [1.82, 2.24) is 29.8 Å². The van der Waals surface area contributed by atoms with Crippen molar-refractivity contribution in [1.29, 1.82) is 0 Å². The average molecular weight is 907 g/mol. The van der Waals surface area contributed by atoms with Crippen LogP contribution < -0.4 is 21.0 Å². The van der Waals surface area contributed by atoms with Crippen LogP contribution in [0.25, 0.3) is 22.8 Å². The molecule has 12 rings (SSSR count). The number of fused-ring (bicyclic) bond motifs is 4. The zero-order chi connectivity index (χ0) is 46.1. The molecule has 4 fully saturated rings. The smallest absolute Gasteiger partial charge is 0.441 e. The minimum atomic E-state index is -0.538. The second kappa shape index (κ2) is 18.4. The van der Waals surface area contributed by atoms with Gasteiger partial charge in [-0.05, 0) is 140 Å². The van der Waals surface area contributed by atoms with Crippen LogP contribution in [0.5, 0.6) is 11.5 Å². The summed E-state index contributed by atoms with van der Waals surface area (Å²) in [6, 6.07) is 46.1. The predicted molar refractivity (Wildman–Crippen MR) is 257 cm³/mol. The number of ether oxygens (including phenoxy) is 2. The molecule has 0 aliphatic heterocycles. The van der Waals surface area contributed by atoms with Gasteiger partial charge in [0.2, 0.25) is 0 Å². The van der Waals surface area contributed by atoms with Gasteiger partial charge in [0, 0.05) is 40.9 Å². The van der Waals surface area contributed by atoms with E-state index in [9.17, 15) is 9.59 Å². The van der Waals surface area contributed by atoms with E-state index < -0.39 is 11.5 Å². The molecule has 12 heteroatoms. The number of hydrogen-bond acceptors (Lipinski definition) is 10. The maximum Gasteiger partial charge on any atom is 0.441 e. The molecule has 0 spiro atoms. The van der Waals surface area contributed by atoms with Crippen LogP contribution in [0, 0.1) is 23.7 Å². The topological polar surface area (TPSA) is 151 Å². The fourth-order valence-electron chi connectivity index (χ4n) is 12.3. The first-order chi connectivity index (χ1) is 33.4. The number of H-pyrrole nitrogens is 1. The molecule has 4 saturated carbocycles. The van der Waals surface area contributed by atoms with Crippen LogP contribution in [0.4, 0.5) is 0 Å². The Hall–Kier alpha value is -7.34. The van der Waals surface area contributed by atoms with Gasteiger partial charge in [0.25, 0.3) is 0 Å². The lowest BCUT2D eigenvalue weighted by Gasteiger charge is -2.39. The highest BCUT2D eigenvalue weighted by Crippen LogP contribution is 2.61. The van der Waals surface area contributed by atoms with Crippen molar-refractivity contribution in [2.45, 2.75) is 88.9 Å². The van der Waals surface area contributed by atoms with Crippen molar-refractivity contribution in [2.75, 3.05) is 0 Å². The second-order valence-electron chi connectivity index (χ2n) is 19.0. The molecule has 6 atom stereocenters. The first-order valence-corrected chi connectivity index (χ1v) is 24.0. The zero-order valence-corrected chi connectivity index (χ0v) is 38.1. The third-order valence-electron chi connectivity index (χ3n) is 15.4. The number of rotatable bonds is 13. The van der Waals surface area contributed by atoms with Gasteiger partial charge in [-0.2, -0.15) is 0 Å². The maximum absolute atomic E-state index is 11.9. The number of aromatic nitrogens is 6. The summed E-state index contributed by atoms with van der Waals surface area (Å²) < 4.78 is 23.1. The second-order valence-corrected chi connectivity index (χ2v) is 19.0. The Morgan fingerprint density at radius 1 is 0.588 bits per heavy atom. The number of benzene rings is 4. The van der Waals surface area contributed by atoms with Gasteiger partial charge in [-0.25, -0.2) is 9.59 Å². The third kappa shape index (κ3) is 8.15. The molecule has 0 saturated heterocycles. The SMILES string of the molecule is CCn1c(-c2ccc([C@]3(c4ccc(OCc5ccccn5)cc4)CC4CC[C@@H]3C4)cc2)noc1=O.O=c1[nH]c(-c2ccc([C@]3(c4ccc(OCc5ccccn5)cc4)CC4CC[C@@H]3C4)cc2)no1. The lowest BCUT2D eigenvalue weighted by atomic mass is 9.64. The number of aromatic amines is 1. The Balaban J connectivity index is 0.000000149. The summed E-state index contributed by atoms with van der Waals surface area (Å²) in [6.07, 6.45) is 13.7. The van der Waals surface area contributed by atoms with E-state index in [-0.39, 0.29) is 10.8 Å². The molecule has 0 amide bonds. The molecule has 68 heavy (non-hydrogen) atoms. The van der Waals surface area contributed by atoms with Gasteiger partial charge in [-0.3, -0.25) is 28.6 Å². The molecular formula is C56H54N6O6. The normalized spacial score (nSPS) is 23.3. The Labute approximate surface area is 394 Å². The van der Waals surface area contributed by atoms with Crippen LogP contribution in [0.2, 0.25) is 0 Å². The molecule has 4 aromatic heterocycles. The number of hydrogen-bond donors (Lipinski definition) is 1.